The Hall–Kier alpha value is -4.33. The Morgan fingerprint density at radius 1 is 1.10 bits per heavy atom. The van der Waals surface area contributed by atoms with Crippen LogP contribution in [0.1, 0.15) is 25.0 Å². The minimum absolute atomic E-state index is 0.0795. The van der Waals surface area contributed by atoms with E-state index in [1.54, 1.807) is 12.1 Å². The quantitative estimate of drug-likeness (QED) is 0.294. The van der Waals surface area contributed by atoms with Gasteiger partial charge in [0.25, 0.3) is 11.8 Å². The number of halogens is 4. The first kappa shape index (κ1) is 27.2. The van der Waals surface area contributed by atoms with Crippen molar-refractivity contribution in [1.82, 2.24) is 20.8 Å². The van der Waals surface area contributed by atoms with Crippen molar-refractivity contribution in [2.24, 2.45) is 0 Å². The fraction of sp³-hybridized carbons (Fsp3) is 0.346. The molecule has 4 N–H and O–H groups in total. The highest BCUT2D eigenvalue weighted by atomic mass is 19.4. The van der Waals surface area contributed by atoms with Gasteiger partial charge < -0.3 is 30.0 Å². The maximum absolute atomic E-state index is 13.8. The molecule has 1 heterocycles. The monoisotopic (exact) mass is 564 g/mol. The summed E-state index contributed by atoms with van der Waals surface area (Å²) < 4.78 is 64.9. The number of aliphatic hydroxyl groups is 1. The molecule has 2 bridgehead atoms. The number of fused-ring (bicyclic) bond motifs is 3. The standard InChI is InChI=1S/C26H24F4N4O6/c1-13-17-4-2-16(7-20(17)34-33-13)39-12-24(37)32-25-9-14(10-25)19(8-22(25)35)31-23(36)11-38-15-3-5-21(18(27)6-15)40-26(28,29)30/h2-7,22,35H,8-12H2,1H3,(H,31,36)(H,32,37)(H,33,34)/t22-/m0/s1. The Morgan fingerprint density at radius 2 is 1.77 bits per heavy atom. The number of amides is 2. The molecule has 1 aromatic heterocycles. The minimum atomic E-state index is -5.05. The molecule has 0 spiro atoms. The molecule has 0 radical (unpaired) electrons. The Bertz CT molecular complexity index is 1490. The average Bonchev–Trinajstić information content (AvgIpc) is 3.23. The van der Waals surface area contributed by atoms with Gasteiger partial charge in [-0.2, -0.15) is 5.10 Å². The van der Waals surface area contributed by atoms with E-state index in [-0.39, 0.29) is 18.8 Å². The molecule has 2 amide bonds. The molecule has 3 aliphatic carbocycles. The van der Waals surface area contributed by atoms with Gasteiger partial charge in [0.2, 0.25) is 0 Å². The predicted octanol–water partition coefficient (Wildman–Crippen LogP) is 3.15. The average molecular weight is 564 g/mol. The first-order chi connectivity index (χ1) is 18.9. The van der Waals surface area contributed by atoms with Crippen molar-refractivity contribution in [2.45, 2.75) is 44.2 Å². The van der Waals surface area contributed by atoms with E-state index in [4.69, 9.17) is 9.47 Å². The molecule has 212 valence electrons. The maximum atomic E-state index is 13.8. The number of aromatic amines is 1. The number of carbonyl (C=O) groups is 2. The molecule has 3 aliphatic rings. The summed E-state index contributed by atoms with van der Waals surface area (Å²) in [5.74, 6) is -3.02. The van der Waals surface area contributed by atoms with Crippen LogP contribution in [-0.2, 0) is 9.59 Å². The normalized spacial score (nSPS) is 20.1. The minimum Gasteiger partial charge on any atom is -0.484 e. The van der Waals surface area contributed by atoms with E-state index in [2.05, 4.69) is 25.6 Å². The highest BCUT2D eigenvalue weighted by Crippen LogP contribution is 2.47. The summed E-state index contributed by atoms with van der Waals surface area (Å²) in [6.45, 7) is 1.07. The topological polar surface area (TPSA) is 135 Å². The molecule has 6 rings (SSSR count). The van der Waals surface area contributed by atoms with E-state index in [0.717, 1.165) is 34.3 Å². The Labute approximate surface area is 224 Å². The van der Waals surface area contributed by atoms with Crippen molar-refractivity contribution in [3.05, 3.63) is 59.2 Å². The van der Waals surface area contributed by atoms with Gasteiger partial charge in [-0.15, -0.1) is 13.2 Å². The Balaban J connectivity index is 1.10. The van der Waals surface area contributed by atoms with Gasteiger partial charge in [0, 0.05) is 29.6 Å². The van der Waals surface area contributed by atoms with E-state index < -0.39 is 48.0 Å². The van der Waals surface area contributed by atoms with Crippen LogP contribution in [0.2, 0.25) is 0 Å². The molecule has 3 aromatic rings. The van der Waals surface area contributed by atoms with Crippen LogP contribution in [0.4, 0.5) is 17.6 Å². The van der Waals surface area contributed by atoms with E-state index in [0.29, 0.717) is 30.4 Å². The summed E-state index contributed by atoms with van der Waals surface area (Å²) in [6, 6.07) is 7.77. The van der Waals surface area contributed by atoms with Gasteiger partial charge in [0.1, 0.15) is 11.5 Å². The molecule has 0 aliphatic heterocycles. The van der Waals surface area contributed by atoms with E-state index >= 15 is 0 Å². The number of aliphatic hydroxyl groups excluding tert-OH is 1. The van der Waals surface area contributed by atoms with Gasteiger partial charge in [-0.1, -0.05) is 0 Å². The summed E-state index contributed by atoms with van der Waals surface area (Å²) in [5.41, 5.74) is 2.12. The SMILES string of the molecule is Cc1n[nH]c2cc(OCC(=O)NC34CC(=C(NC(=O)COc5ccc(OC(F)(F)F)c(F)c5)C[C@@H]3O)C4)ccc12. The highest BCUT2D eigenvalue weighted by molar-refractivity contribution is 5.83. The first-order valence-electron chi connectivity index (χ1n) is 12.2. The lowest BCUT2D eigenvalue weighted by molar-refractivity contribution is -0.275. The van der Waals surface area contributed by atoms with Crippen LogP contribution >= 0.6 is 0 Å². The van der Waals surface area contributed by atoms with Crippen molar-refractivity contribution < 1.29 is 46.5 Å². The number of rotatable bonds is 9. The van der Waals surface area contributed by atoms with Crippen molar-refractivity contribution in [3.8, 4) is 17.2 Å². The fourth-order valence-electron chi connectivity index (χ4n) is 4.82. The van der Waals surface area contributed by atoms with Crippen molar-refractivity contribution in [3.63, 3.8) is 0 Å². The van der Waals surface area contributed by atoms with Gasteiger partial charge in [0.15, 0.2) is 24.8 Å². The lowest BCUT2D eigenvalue weighted by Crippen LogP contribution is -2.65. The summed E-state index contributed by atoms with van der Waals surface area (Å²) in [6.07, 6.45) is -5.27. The number of nitrogens with one attached hydrogen (secondary N) is 3. The highest BCUT2D eigenvalue weighted by Gasteiger charge is 2.52. The van der Waals surface area contributed by atoms with Gasteiger partial charge in [0.05, 0.1) is 22.9 Å². The second-order valence-corrected chi connectivity index (χ2v) is 9.64. The van der Waals surface area contributed by atoms with Gasteiger partial charge in [-0.25, -0.2) is 4.39 Å². The van der Waals surface area contributed by atoms with Crippen LogP contribution in [-0.4, -0.2) is 58.3 Å². The molecule has 14 heteroatoms. The number of nitrogens with zero attached hydrogens (tertiary/aromatic N) is 1. The molecule has 2 aromatic carbocycles. The summed E-state index contributed by atoms with van der Waals surface area (Å²) in [7, 11) is 0. The molecular formula is C26H24F4N4O6. The number of hydrogen-bond donors (Lipinski definition) is 4. The fourth-order valence-corrected chi connectivity index (χ4v) is 4.82. The number of aryl methyl sites for hydroxylation is 1. The second-order valence-electron chi connectivity index (χ2n) is 9.64. The molecule has 40 heavy (non-hydrogen) atoms. The van der Waals surface area contributed by atoms with Crippen LogP contribution in [0.5, 0.6) is 17.2 Å². The zero-order valence-corrected chi connectivity index (χ0v) is 21.0. The van der Waals surface area contributed by atoms with Crippen LogP contribution in [0.3, 0.4) is 0 Å². The van der Waals surface area contributed by atoms with E-state index in [1.165, 1.54) is 0 Å². The lowest BCUT2D eigenvalue weighted by Gasteiger charge is -2.52. The number of hydrogen-bond acceptors (Lipinski definition) is 7. The van der Waals surface area contributed by atoms with Crippen molar-refractivity contribution in [1.29, 1.82) is 0 Å². The number of carbonyl (C=O) groups excluding carboxylic acids is 2. The van der Waals surface area contributed by atoms with Crippen LogP contribution in [0.15, 0.2) is 47.7 Å². The zero-order chi connectivity index (χ0) is 28.7. The molecule has 1 saturated carbocycles. The number of benzene rings is 2. The molecule has 1 atom stereocenters. The number of H-pyrrole nitrogens is 1. The summed E-state index contributed by atoms with van der Waals surface area (Å²) in [5, 5.41) is 24.2. The molecule has 0 unspecified atom stereocenters. The number of aromatic nitrogens is 2. The third-order valence-corrected chi connectivity index (χ3v) is 6.79. The van der Waals surface area contributed by atoms with Crippen LogP contribution in [0, 0.1) is 12.7 Å². The van der Waals surface area contributed by atoms with Gasteiger partial charge >= 0.3 is 6.36 Å². The van der Waals surface area contributed by atoms with E-state index in [1.807, 2.05) is 13.0 Å². The third-order valence-electron chi connectivity index (χ3n) is 6.79. The van der Waals surface area contributed by atoms with Crippen molar-refractivity contribution in [2.75, 3.05) is 13.2 Å². The lowest BCUT2D eigenvalue weighted by atomic mass is 9.62. The van der Waals surface area contributed by atoms with Gasteiger partial charge in [-0.05, 0) is 49.6 Å². The Kier molecular flexibility index (Phi) is 7.04. The zero-order valence-electron chi connectivity index (χ0n) is 21.0. The number of alkyl halides is 3. The second kappa shape index (κ2) is 10.3. The predicted molar refractivity (Wildman–Crippen MR) is 131 cm³/mol. The maximum Gasteiger partial charge on any atom is 0.573 e. The summed E-state index contributed by atoms with van der Waals surface area (Å²) >= 11 is 0. The van der Waals surface area contributed by atoms with E-state index in [9.17, 15) is 32.3 Å². The van der Waals surface area contributed by atoms with Gasteiger partial charge in [-0.3, -0.25) is 14.7 Å². The van der Waals surface area contributed by atoms with Crippen LogP contribution < -0.4 is 24.8 Å². The Morgan fingerprint density at radius 3 is 2.45 bits per heavy atom. The molecular weight excluding hydrogens is 540 g/mol. The molecule has 0 saturated heterocycles. The summed E-state index contributed by atoms with van der Waals surface area (Å²) in [4.78, 5) is 24.9. The van der Waals surface area contributed by atoms with Crippen LogP contribution in [0.25, 0.3) is 10.9 Å². The smallest absolute Gasteiger partial charge is 0.484 e. The largest absolute Gasteiger partial charge is 0.573 e. The van der Waals surface area contributed by atoms with Crippen molar-refractivity contribution >= 4 is 22.7 Å². The third kappa shape index (κ3) is 5.81. The number of ether oxygens (including phenoxy) is 3. The molecule has 1 fully saturated rings. The first-order valence-corrected chi connectivity index (χ1v) is 12.2. The molecule has 10 nitrogen and oxygen atoms in total.